The second-order valence-corrected chi connectivity index (χ2v) is 4.14. The predicted octanol–water partition coefficient (Wildman–Crippen LogP) is 0.594. The molecule has 0 saturated heterocycles. The monoisotopic (exact) mass is 269 g/mol. The van der Waals surface area contributed by atoms with Crippen molar-refractivity contribution in [1.29, 1.82) is 0 Å². The Kier molecular flexibility index (Phi) is 7.14. The first-order valence-corrected chi connectivity index (χ1v) is 6.76. The first-order chi connectivity index (χ1) is 9.22. The molecular weight excluding hydrogens is 246 g/mol. The molecular formula is C13H23N3O3. The van der Waals surface area contributed by atoms with Crippen molar-refractivity contribution in [3.63, 3.8) is 0 Å². The first-order valence-electron chi connectivity index (χ1n) is 6.76. The molecule has 1 rings (SSSR count). The van der Waals surface area contributed by atoms with Gasteiger partial charge in [0.05, 0.1) is 18.9 Å². The van der Waals surface area contributed by atoms with Crippen molar-refractivity contribution in [2.24, 2.45) is 0 Å². The number of ether oxygens (including phenoxy) is 1. The maximum Gasteiger partial charge on any atom is 0.269 e. The van der Waals surface area contributed by atoms with Crippen molar-refractivity contribution in [2.75, 3.05) is 26.4 Å². The van der Waals surface area contributed by atoms with Crippen LogP contribution < -0.4 is 5.32 Å². The molecule has 0 atom stereocenters. The molecule has 1 heterocycles. The third-order valence-corrected chi connectivity index (χ3v) is 2.71. The van der Waals surface area contributed by atoms with E-state index in [0.29, 0.717) is 32.0 Å². The number of amides is 1. The topological polar surface area (TPSA) is 76.4 Å². The zero-order chi connectivity index (χ0) is 14.1. The van der Waals surface area contributed by atoms with E-state index in [1.165, 1.54) is 0 Å². The molecule has 2 N–H and O–H groups in total. The second kappa shape index (κ2) is 8.66. The van der Waals surface area contributed by atoms with Crippen molar-refractivity contribution < 1.29 is 14.6 Å². The number of carbonyl (C=O) groups excluding carboxylic acids is 1. The Morgan fingerprint density at radius 2 is 2.26 bits per heavy atom. The van der Waals surface area contributed by atoms with Crippen LogP contribution in [-0.4, -0.2) is 47.2 Å². The van der Waals surface area contributed by atoms with Gasteiger partial charge >= 0.3 is 0 Å². The fourth-order valence-electron chi connectivity index (χ4n) is 1.70. The molecule has 6 heteroatoms. The van der Waals surface area contributed by atoms with Crippen molar-refractivity contribution in [2.45, 2.75) is 33.2 Å². The molecule has 0 bridgehead atoms. The average molecular weight is 269 g/mol. The minimum absolute atomic E-state index is 0.0296. The number of aromatic nitrogens is 2. The Morgan fingerprint density at radius 3 is 2.89 bits per heavy atom. The van der Waals surface area contributed by atoms with Gasteiger partial charge < -0.3 is 15.2 Å². The summed E-state index contributed by atoms with van der Waals surface area (Å²) < 4.78 is 6.84. The van der Waals surface area contributed by atoms with Gasteiger partial charge in [-0.3, -0.25) is 9.48 Å². The standard InChI is InChI=1S/C13H23N3O3/c1-3-11-10-12(16(4-2)15-11)13(18)14-6-5-8-19-9-7-17/h10,17H,3-9H2,1-2H3,(H,14,18). The highest BCUT2D eigenvalue weighted by atomic mass is 16.5. The molecule has 0 spiro atoms. The summed E-state index contributed by atoms with van der Waals surface area (Å²) in [5, 5.41) is 15.7. The highest BCUT2D eigenvalue weighted by Gasteiger charge is 2.13. The number of aryl methyl sites for hydroxylation is 2. The van der Waals surface area contributed by atoms with E-state index in [-0.39, 0.29) is 12.5 Å². The number of hydrogen-bond acceptors (Lipinski definition) is 4. The van der Waals surface area contributed by atoms with Gasteiger partial charge in [-0.1, -0.05) is 6.92 Å². The van der Waals surface area contributed by atoms with E-state index in [4.69, 9.17) is 9.84 Å². The molecule has 108 valence electrons. The molecule has 0 aliphatic heterocycles. The summed E-state index contributed by atoms with van der Waals surface area (Å²) in [7, 11) is 0. The first kappa shape index (κ1) is 15.7. The van der Waals surface area contributed by atoms with Gasteiger partial charge in [0.15, 0.2) is 0 Å². The molecule has 0 fully saturated rings. The minimum atomic E-state index is -0.101. The summed E-state index contributed by atoms with van der Waals surface area (Å²) in [5.41, 5.74) is 1.54. The van der Waals surface area contributed by atoms with Crippen LogP contribution in [0.3, 0.4) is 0 Å². The molecule has 6 nitrogen and oxygen atoms in total. The van der Waals surface area contributed by atoms with E-state index < -0.39 is 0 Å². The highest BCUT2D eigenvalue weighted by Crippen LogP contribution is 2.05. The average Bonchev–Trinajstić information content (AvgIpc) is 2.86. The van der Waals surface area contributed by atoms with Gasteiger partial charge in [0.25, 0.3) is 5.91 Å². The normalized spacial score (nSPS) is 10.7. The molecule has 0 radical (unpaired) electrons. The Hall–Kier alpha value is -1.40. The van der Waals surface area contributed by atoms with Gasteiger partial charge in [-0.15, -0.1) is 0 Å². The van der Waals surface area contributed by atoms with Crippen molar-refractivity contribution in [3.8, 4) is 0 Å². The van der Waals surface area contributed by atoms with Gasteiger partial charge in [0, 0.05) is 19.7 Å². The number of nitrogens with one attached hydrogen (secondary N) is 1. The van der Waals surface area contributed by atoms with Crippen LogP contribution in [0.15, 0.2) is 6.07 Å². The maximum absolute atomic E-state index is 12.0. The largest absolute Gasteiger partial charge is 0.394 e. The van der Waals surface area contributed by atoms with E-state index in [1.54, 1.807) is 4.68 Å². The quantitative estimate of drug-likeness (QED) is 0.643. The van der Waals surface area contributed by atoms with Crippen LogP contribution >= 0.6 is 0 Å². The summed E-state index contributed by atoms with van der Waals surface area (Å²) in [5.74, 6) is -0.101. The number of aliphatic hydroxyl groups excluding tert-OH is 1. The van der Waals surface area contributed by atoms with Gasteiger partial charge in [-0.05, 0) is 25.8 Å². The Balaban J connectivity index is 2.38. The molecule has 0 aromatic carbocycles. The van der Waals surface area contributed by atoms with E-state index in [2.05, 4.69) is 10.4 Å². The Bertz CT molecular complexity index is 390. The third-order valence-electron chi connectivity index (χ3n) is 2.71. The van der Waals surface area contributed by atoms with Crippen molar-refractivity contribution in [1.82, 2.24) is 15.1 Å². The summed E-state index contributed by atoms with van der Waals surface area (Å²) in [6, 6.07) is 1.83. The SMILES string of the molecule is CCc1cc(C(=O)NCCCOCCO)n(CC)n1. The van der Waals surface area contributed by atoms with E-state index in [1.807, 2.05) is 19.9 Å². The third kappa shape index (κ3) is 5.00. The fraction of sp³-hybridized carbons (Fsp3) is 0.692. The van der Waals surface area contributed by atoms with Crippen LogP contribution in [0.5, 0.6) is 0 Å². The predicted molar refractivity (Wildman–Crippen MR) is 72.1 cm³/mol. The molecule has 1 aromatic heterocycles. The highest BCUT2D eigenvalue weighted by molar-refractivity contribution is 5.92. The number of rotatable bonds is 9. The summed E-state index contributed by atoms with van der Waals surface area (Å²) in [6.07, 6.45) is 1.55. The minimum Gasteiger partial charge on any atom is -0.394 e. The lowest BCUT2D eigenvalue weighted by atomic mass is 10.3. The lowest BCUT2D eigenvalue weighted by Crippen LogP contribution is -2.27. The zero-order valence-electron chi connectivity index (χ0n) is 11.7. The van der Waals surface area contributed by atoms with Crippen LogP contribution in [0.1, 0.15) is 36.5 Å². The Morgan fingerprint density at radius 1 is 1.47 bits per heavy atom. The van der Waals surface area contributed by atoms with Gasteiger partial charge in [-0.25, -0.2) is 0 Å². The summed E-state index contributed by atoms with van der Waals surface area (Å²) in [6.45, 7) is 6.13. The fourth-order valence-corrected chi connectivity index (χ4v) is 1.70. The Labute approximate surface area is 113 Å². The van der Waals surface area contributed by atoms with E-state index in [0.717, 1.165) is 18.5 Å². The molecule has 1 aromatic rings. The summed E-state index contributed by atoms with van der Waals surface area (Å²) in [4.78, 5) is 12.0. The van der Waals surface area contributed by atoms with Crippen LogP contribution in [0, 0.1) is 0 Å². The van der Waals surface area contributed by atoms with Crippen LogP contribution in [0.4, 0.5) is 0 Å². The molecule has 0 aliphatic rings. The molecule has 19 heavy (non-hydrogen) atoms. The number of hydrogen-bond donors (Lipinski definition) is 2. The van der Waals surface area contributed by atoms with Crippen molar-refractivity contribution >= 4 is 5.91 Å². The van der Waals surface area contributed by atoms with E-state index in [9.17, 15) is 4.79 Å². The molecule has 0 saturated carbocycles. The molecule has 1 amide bonds. The molecule has 0 aliphatic carbocycles. The van der Waals surface area contributed by atoms with E-state index >= 15 is 0 Å². The lowest BCUT2D eigenvalue weighted by molar-refractivity contribution is 0.0863. The van der Waals surface area contributed by atoms with Crippen LogP contribution in [0.25, 0.3) is 0 Å². The second-order valence-electron chi connectivity index (χ2n) is 4.14. The van der Waals surface area contributed by atoms with Gasteiger partial charge in [-0.2, -0.15) is 5.10 Å². The molecule has 0 unspecified atom stereocenters. The van der Waals surface area contributed by atoms with Crippen molar-refractivity contribution in [3.05, 3.63) is 17.5 Å². The summed E-state index contributed by atoms with van der Waals surface area (Å²) >= 11 is 0. The zero-order valence-corrected chi connectivity index (χ0v) is 11.7. The van der Waals surface area contributed by atoms with Gasteiger partial charge in [0.2, 0.25) is 0 Å². The number of nitrogens with zero attached hydrogens (tertiary/aromatic N) is 2. The number of aliphatic hydroxyl groups is 1. The van der Waals surface area contributed by atoms with Crippen LogP contribution in [0.2, 0.25) is 0 Å². The van der Waals surface area contributed by atoms with Gasteiger partial charge in [0.1, 0.15) is 5.69 Å². The maximum atomic E-state index is 12.0. The van der Waals surface area contributed by atoms with Crippen LogP contribution in [-0.2, 0) is 17.7 Å². The number of carbonyl (C=O) groups is 1. The smallest absolute Gasteiger partial charge is 0.269 e. The lowest BCUT2D eigenvalue weighted by Gasteiger charge is -2.06.